The van der Waals surface area contributed by atoms with Gasteiger partial charge in [-0.25, -0.2) is 0 Å². The molecule has 0 spiro atoms. The van der Waals surface area contributed by atoms with Crippen LogP contribution in [0.25, 0.3) is 0 Å². The fourth-order valence-electron chi connectivity index (χ4n) is 1.80. The lowest BCUT2D eigenvalue weighted by Crippen LogP contribution is -1.88. The standard InChI is InChI=1S/C7H5Cl2NO.C7H6ClNO.C7H5ClO/c8-6-3-1-5(2-4-6)7(9)10-11;8-7-3-1-6(2-4-7)5-9-10;8-7-3-1-6(5-9)2-4-7/h1-4,11H;1-5,10H;1-5H/b10-7-;9-5+;. The van der Waals surface area contributed by atoms with Crippen LogP contribution in [0.2, 0.25) is 15.1 Å². The summed E-state index contributed by atoms with van der Waals surface area (Å²) in [6.45, 7) is 0. The Labute approximate surface area is 193 Å². The number of nitrogens with zero attached hydrogens (tertiary/aromatic N) is 2. The number of benzene rings is 3. The summed E-state index contributed by atoms with van der Waals surface area (Å²) in [5.74, 6) is 0. The molecule has 2 N–H and O–H groups in total. The Morgan fingerprint density at radius 1 is 0.700 bits per heavy atom. The van der Waals surface area contributed by atoms with Crippen molar-refractivity contribution in [1.82, 2.24) is 0 Å². The molecular formula is C21H16Cl4N2O3. The van der Waals surface area contributed by atoms with E-state index >= 15 is 0 Å². The molecule has 0 aliphatic heterocycles. The van der Waals surface area contributed by atoms with Crippen molar-refractivity contribution in [3.8, 4) is 0 Å². The van der Waals surface area contributed by atoms with E-state index in [1.807, 2.05) is 0 Å². The second kappa shape index (κ2) is 14.4. The summed E-state index contributed by atoms with van der Waals surface area (Å²) in [4.78, 5) is 10.1. The lowest BCUT2D eigenvalue weighted by atomic mass is 10.2. The van der Waals surface area contributed by atoms with Crippen molar-refractivity contribution in [2.75, 3.05) is 0 Å². The number of hydrogen-bond donors (Lipinski definition) is 2. The number of halogens is 4. The van der Waals surface area contributed by atoms with E-state index < -0.39 is 0 Å². The van der Waals surface area contributed by atoms with Gasteiger partial charge in [-0.15, -0.1) is 0 Å². The van der Waals surface area contributed by atoms with Crippen LogP contribution in [0.15, 0.2) is 83.1 Å². The fourth-order valence-corrected chi connectivity index (χ4v) is 2.31. The molecule has 30 heavy (non-hydrogen) atoms. The average Bonchev–Trinajstić information content (AvgIpc) is 2.77. The second-order valence-corrected chi connectivity index (χ2v) is 7.03. The number of oxime groups is 2. The fraction of sp³-hybridized carbons (Fsp3) is 0. The Bertz CT molecular complexity index is 959. The molecule has 3 aromatic rings. The summed E-state index contributed by atoms with van der Waals surface area (Å²) in [6.07, 6.45) is 2.13. The first kappa shape index (κ1) is 25.5. The van der Waals surface area contributed by atoms with E-state index in [9.17, 15) is 4.79 Å². The van der Waals surface area contributed by atoms with Gasteiger partial charge in [-0.1, -0.05) is 93.1 Å². The van der Waals surface area contributed by atoms with Gasteiger partial charge in [0, 0.05) is 26.2 Å². The van der Waals surface area contributed by atoms with Gasteiger partial charge >= 0.3 is 0 Å². The van der Waals surface area contributed by atoms with Crippen LogP contribution in [0, 0.1) is 0 Å². The zero-order chi connectivity index (χ0) is 22.4. The van der Waals surface area contributed by atoms with Crippen molar-refractivity contribution >= 4 is 64.1 Å². The monoisotopic (exact) mass is 484 g/mol. The molecule has 0 heterocycles. The third kappa shape index (κ3) is 10.3. The van der Waals surface area contributed by atoms with E-state index in [-0.39, 0.29) is 5.17 Å². The van der Waals surface area contributed by atoms with Gasteiger partial charge in [0.15, 0.2) is 5.17 Å². The zero-order valence-corrected chi connectivity index (χ0v) is 18.3. The van der Waals surface area contributed by atoms with Crippen LogP contribution >= 0.6 is 46.4 Å². The predicted molar refractivity (Wildman–Crippen MR) is 123 cm³/mol. The smallest absolute Gasteiger partial charge is 0.175 e. The minimum absolute atomic E-state index is 0.0571. The second-order valence-electron chi connectivity index (χ2n) is 5.36. The first-order valence-corrected chi connectivity index (χ1v) is 9.68. The van der Waals surface area contributed by atoms with Crippen molar-refractivity contribution in [3.05, 3.63) is 105 Å². The van der Waals surface area contributed by atoms with E-state index in [1.165, 1.54) is 6.21 Å². The first-order chi connectivity index (χ1) is 14.4. The highest BCUT2D eigenvalue weighted by Gasteiger charge is 1.98. The average molecular weight is 486 g/mol. The molecule has 0 aromatic heterocycles. The lowest BCUT2D eigenvalue weighted by molar-refractivity contribution is 0.112. The van der Waals surface area contributed by atoms with Gasteiger partial charge in [0.2, 0.25) is 0 Å². The molecule has 0 fully saturated rings. The van der Waals surface area contributed by atoms with Crippen molar-refractivity contribution in [3.63, 3.8) is 0 Å². The predicted octanol–water partition coefficient (Wildman–Crippen LogP) is 7.02. The SMILES string of the molecule is O/N=C(\Cl)c1ccc(Cl)cc1.O/N=C/c1ccc(Cl)cc1.O=Cc1ccc(Cl)cc1. The number of hydrogen-bond acceptors (Lipinski definition) is 5. The maximum Gasteiger partial charge on any atom is 0.175 e. The van der Waals surface area contributed by atoms with Crippen molar-refractivity contribution in [1.29, 1.82) is 0 Å². The lowest BCUT2D eigenvalue weighted by Gasteiger charge is -1.94. The summed E-state index contributed by atoms with van der Waals surface area (Å²) in [5, 5.41) is 24.1. The number of rotatable bonds is 3. The van der Waals surface area contributed by atoms with Gasteiger partial charge < -0.3 is 10.4 Å². The van der Waals surface area contributed by atoms with Crippen LogP contribution < -0.4 is 0 Å². The molecule has 0 saturated carbocycles. The molecule has 0 aliphatic carbocycles. The largest absolute Gasteiger partial charge is 0.411 e. The highest BCUT2D eigenvalue weighted by molar-refractivity contribution is 6.69. The Balaban J connectivity index is 0.000000226. The third-order valence-corrected chi connectivity index (χ3v) is 4.30. The number of aldehydes is 1. The summed E-state index contributed by atoms with van der Waals surface area (Å²) in [6, 6.07) is 20.4. The van der Waals surface area contributed by atoms with Crippen LogP contribution in [-0.2, 0) is 0 Å². The van der Waals surface area contributed by atoms with Gasteiger partial charge in [0.25, 0.3) is 0 Å². The minimum Gasteiger partial charge on any atom is -0.411 e. The summed E-state index contributed by atoms with van der Waals surface area (Å²) in [5.41, 5.74) is 2.12. The van der Waals surface area contributed by atoms with Gasteiger partial charge in [0.1, 0.15) is 6.29 Å². The molecule has 5 nitrogen and oxygen atoms in total. The quantitative estimate of drug-likeness (QED) is 0.181. The van der Waals surface area contributed by atoms with Crippen LogP contribution in [0.1, 0.15) is 21.5 Å². The Morgan fingerprint density at radius 3 is 1.47 bits per heavy atom. The third-order valence-electron chi connectivity index (χ3n) is 3.25. The molecule has 0 atom stereocenters. The molecule has 9 heteroatoms. The summed E-state index contributed by atoms with van der Waals surface area (Å²) < 4.78 is 0. The number of carbonyl (C=O) groups is 1. The molecule has 0 saturated heterocycles. The van der Waals surface area contributed by atoms with E-state index in [2.05, 4.69) is 10.3 Å². The molecule has 3 rings (SSSR count). The topological polar surface area (TPSA) is 82.2 Å². The molecule has 0 aliphatic rings. The van der Waals surface area contributed by atoms with Gasteiger partial charge in [0.05, 0.1) is 6.21 Å². The molecule has 0 amide bonds. The van der Waals surface area contributed by atoms with Crippen LogP contribution in [0.4, 0.5) is 0 Å². The molecular weight excluding hydrogens is 470 g/mol. The summed E-state index contributed by atoms with van der Waals surface area (Å²) >= 11 is 22.3. The molecule has 3 aromatic carbocycles. The van der Waals surface area contributed by atoms with Crippen LogP contribution in [0.3, 0.4) is 0 Å². The Morgan fingerprint density at radius 2 is 1.10 bits per heavy atom. The van der Waals surface area contributed by atoms with Crippen LogP contribution in [-0.4, -0.2) is 28.1 Å². The van der Waals surface area contributed by atoms with Gasteiger partial charge in [-0.3, -0.25) is 4.79 Å². The molecule has 0 unspecified atom stereocenters. The number of carbonyl (C=O) groups excluding carboxylic acids is 1. The van der Waals surface area contributed by atoms with E-state index in [0.717, 1.165) is 11.8 Å². The van der Waals surface area contributed by atoms with Crippen molar-refractivity contribution < 1.29 is 15.2 Å². The highest BCUT2D eigenvalue weighted by Crippen LogP contribution is 2.11. The molecule has 156 valence electrons. The Kier molecular flexibility index (Phi) is 12.2. The highest BCUT2D eigenvalue weighted by atomic mass is 35.5. The molecule has 0 bridgehead atoms. The molecule has 0 radical (unpaired) electrons. The Hall–Kier alpha value is -2.57. The maximum atomic E-state index is 10.1. The van der Waals surface area contributed by atoms with Crippen molar-refractivity contribution in [2.45, 2.75) is 0 Å². The first-order valence-electron chi connectivity index (χ1n) is 8.16. The van der Waals surface area contributed by atoms with Crippen molar-refractivity contribution in [2.24, 2.45) is 10.3 Å². The zero-order valence-electron chi connectivity index (χ0n) is 15.3. The van der Waals surface area contributed by atoms with E-state index in [0.29, 0.717) is 26.2 Å². The minimum atomic E-state index is 0.0571. The van der Waals surface area contributed by atoms with E-state index in [4.69, 9.17) is 56.8 Å². The van der Waals surface area contributed by atoms with Gasteiger partial charge in [-0.2, -0.15) is 0 Å². The van der Waals surface area contributed by atoms with E-state index in [1.54, 1.807) is 72.8 Å². The van der Waals surface area contributed by atoms with Gasteiger partial charge in [-0.05, 0) is 42.0 Å². The normalized spacial score (nSPS) is 10.5. The van der Waals surface area contributed by atoms with Crippen LogP contribution in [0.5, 0.6) is 0 Å². The summed E-state index contributed by atoms with van der Waals surface area (Å²) in [7, 11) is 0. The maximum absolute atomic E-state index is 10.1.